The van der Waals surface area contributed by atoms with Gasteiger partial charge < -0.3 is 10.5 Å². The highest BCUT2D eigenvalue weighted by molar-refractivity contribution is 5.02. The van der Waals surface area contributed by atoms with Crippen LogP contribution in [0.15, 0.2) is 0 Å². The van der Waals surface area contributed by atoms with Crippen LogP contribution in [0.1, 0.15) is 44.9 Å². The number of ether oxygens (including phenoxy) is 1. The number of hydrogen-bond donors (Lipinski definition) is 1. The van der Waals surface area contributed by atoms with E-state index >= 15 is 0 Å². The van der Waals surface area contributed by atoms with E-state index in [1.807, 2.05) is 7.11 Å². The molecule has 2 saturated carbocycles. The van der Waals surface area contributed by atoms with Crippen molar-refractivity contribution in [3.8, 4) is 0 Å². The van der Waals surface area contributed by atoms with E-state index in [-0.39, 0.29) is 5.54 Å². The minimum atomic E-state index is 0.253. The zero-order valence-corrected chi connectivity index (χ0v) is 11.7. The fourth-order valence-electron chi connectivity index (χ4n) is 4.71. The molecular formula is C15H28N2O. The topological polar surface area (TPSA) is 38.5 Å². The first-order valence-electron chi connectivity index (χ1n) is 7.75. The molecule has 0 spiro atoms. The summed E-state index contributed by atoms with van der Waals surface area (Å²) in [6.45, 7) is 3.42. The summed E-state index contributed by atoms with van der Waals surface area (Å²) in [6, 6.07) is 0. The van der Waals surface area contributed by atoms with Gasteiger partial charge in [-0.2, -0.15) is 0 Å². The van der Waals surface area contributed by atoms with E-state index in [9.17, 15) is 0 Å². The lowest BCUT2D eigenvalue weighted by molar-refractivity contribution is -0.0158. The molecule has 1 aliphatic heterocycles. The molecule has 2 aliphatic carbocycles. The standard InChI is InChI=1S/C15H28N2O/c1-18-14-6-3-7-15(8-14,11-16)17-9-12-4-2-5-13(12)10-17/h12-14H,2-11,16H2,1H3. The molecule has 4 unspecified atom stereocenters. The molecule has 3 aliphatic rings. The molecule has 3 rings (SSSR count). The largest absolute Gasteiger partial charge is 0.381 e. The summed E-state index contributed by atoms with van der Waals surface area (Å²) >= 11 is 0. The van der Waals surface area contributed by atoms with E-state index in [4.69, 9.17) is 10.5 Å². The van der Waals surface area contributed by atoms with Crippen molar-refractivity contribution >= 4 is 0 Å². The molecule has 2 N–H and O–H groups in total. The Balaban J connectivity index is 1.71. The summed E-state index contributed by atoms with van der Waals surface area (Å²) in [7, 11) is 1.86. The van der Waals surface area contributed by atoms with Crippen LogP contribution in [0.5, 0.6) is 0 Å². The fourth-order valence-corrected chi connectivity index (χ4v) is 4.71. The summed E-state index contributed by atoms with van der Waals surface area (Å²) in [5.74, 6) is 1.94. The predicted molar refractivity (Wildman–Crippen MR) is 73.5 cm³/mol. The van der Waals surface area contributed by atoms with E-state index in [1.165, 1.54) is 51.6 Å². The SMILES string of the molecule is COC1CCCC(CN)(N2CC3CCCC3C2)C1. The summed E-state index contributed by atoms with van der Waals surface area (Å²) in [4.78, 5) is 2.74. The molecule has 18 heavy (non-hydrogen) atoms. The molecular weight excluding hydrogens is 224 g/mol. The van der Waals surface area contributed by atoms with Crippen molar-refractivity contribution in [2.24, 2.45) is 17.6 Å². The summed E-state index contributed by atoms with van der Waals surface area (Å²) in [6.07, 6.45) is 9.73. The second kappa shape index (κ2) is 5.10. The fraction of sp³-hybridized carbons (Fsp3) is 1.00. The lowest BCUT2D eigenvalue weighted by atomic mass is 9.78. The highest BCUT2D eigenvalue weighted by atomic mass is 16.5. The van der Waals surface area contributed by atoms with Gasteiger partial charge in [-0.3, -0.25) is 4.90 Å². The molecule has 0 aromatic heterocycles. The molecule has 1 heterocycles. The van der Waals surface area contributed by atoms with Crippen LogP contribution in [0.4, 0.5) is 0 Å². The Morgan fingerprint density at radius 3 is 2.50 bits per heavy atom. The minimum absolute atomic E-state index is 0.253. The van der Waals surface area contributed by atoms with Crippen LogP contribution in [0, 0.1) is 11.8 Å². The van der Waals surface area contributed by atoms with Crippen LogP contribution < -0.4 is 5.73 Å². The molecule has 3 nitrogen and oxygen atoms in total. The number of likely N-dealkylation sites (tertiary alicyclic amines) is 1. The van der Waals surface area contributed by atoms with Crippen molar-refractivity contribution in [3.05, 3.63) is 0 Å². The van der Waals surface area contributed by atoms with Crippen molar-refractivity contribution in [1.29, 1.82) is 0 Å². The Labute approximate surface area is 111 Å². The Hall–Kier alpha value is -0.120. The molecule has 1 saturated heterocycles. The van der Waals surface area contributed by atoms with Gasteiger partial charge in [-0.1, -0.05) is 6.42 Å². The smallest absolute Gasteiger partial charge is 0.0589 e. The summed E-state index contributed by atoms with van der Waals surface area (Å²) in [5.41, 5.74) is 6.44. The monoisotopic (exact) mass is 252 g/mol. The average Bonchev–Trinajstić information content (AvgIpc) is 2.99. The second-order valence-electron chi connectivity index (χ2n) is 6.74. The first kappa shape index (κ1) is 12.9. The van der Waals surface area contributed by atoms with E-state index in [2.05, 4.69) is 4.90 Å². The molecule has 0 aromatic rings. The van der Waals surface area contributed by atoms with Crippen molar-refractivity contribution in [3.63, 3.8) is 0 Å². The van der Waals surface area contributed by atoms with Crippen molar-refractivity contribution in [1.82, 2.24) is 4.90 Å². The molecule has 0 aromatic carbocycles. The molecule has 0 radical (unpaired) electrons. The third-order valence-corrected chi connectivity index (χ3v) is 5.89. The highest BCUT2D eigenvalue weighted by Crippen LogP contribution is 2.44. The zero-order valence-electron chi connectivity index (χ0n) is 11.7. The van der Waals surface area contributed by atoms with E-state index in [0.717, 1.165) is 24.8 Å². The lowest BCUT2D eigenvalue weighted by Gasteiger charge is -2.46. The average molecular weight is 252 g/mol. The highest BCUT2D eigenvalue weighted by Gasteiger charge is 2.47. The molecule has 0 bridgehead atoms. The second-order valence-corrected chi connectivity index (χ2v) is 6.74. The third kappa shape index (κ3) is 2.10. The molecule has 3 heteroatoms. The Bertz CT molecular complexity index is 284. The number of fused-ring (bicyclic) bond motifs is 1. The van der Waals surface area contributed by atoms with Gasteiger partial charge in [0.2, 0.25) is 0 Å². The van der Waals surface area contributed by atoms with Crippen LogP contribution in [-0.2, 0) is 4.74 Å². The van der Waals surface area contributed by atoms with E-state index in [1.54, 1.807) is 0 Å². The Morgan fingerprint density at radius 2 is 1.89 bits per heavy atom. The van der Waals surface area contributed by atoms with Crippen molar-refractivity contribution in [2.75, 3.05) is 26.7 Å². The quantitative estimate of drug-likeness (QED) is 0.835. The maximum absolute atomic E-state index is 6.19. The first-order valence-corrected chi connectivity index (χ1v) is 7.75. The number of hydrogen-bond acceptors (Lipinski definition) is 3. The predicted octanol–water partition coefficient (Wildman–Crippen LogP) is 2.00. The van der Waals surface area contributed by atoms with Gasteiger partial charge >= 0.3 is 0 Å². The Morgan fingerprint density at radius 1 is 1.17 bits per heavy atom. The van der Waals surface area contributed by atoms with Gasteiger partial charge in [0.15, 0.2) is 0 Å². The Kier molecular flexibility index (Phi) is 3.65. The third-order valence-electron chi connectivity index (χ3n) is 5.89. The van der Waals surface area contributed by atoms with Crippen LogP contribution in [-0.4, -0.2) is 43.3 Å². The van der Waals surface area contributed by atoms with Crippen molar-refractivity contribution < 1.29 is 4.74 Å². The molecule has 4 atom stereocenters. The summed E-state index contributed by atoms with van der Waals surface area (Å²) in [5, 5.41) is 0. The minimum Gasteiger partial charge on any atom is -0.381 e. The van der Waals surface area contributed by atoms with Gasteiger partial charge in [0.1, 0.15) is 0 Å². The van der Waals surface area contributed by atoms with Gasteiger partial charge in [-0.05, 0) is 50.4 Å². The van der Waals surface area contributed by atoms with E-state index < -0.39 is 0 Å². The van der Waals surface area contributed by atoms with E-state index in [0.29, 0.717) is 6.10 Å². The van der Waals surface area contributed by atoms with Gasteiger partial charge in [-0.15, -0.1) is 0 Å². The van der Waals surface area contributed by atoms with Crippen LogP contribution in [0.3, 0.4) is 0 Å². The molecule has 0 amide bonds. The van der Waals surface area contributed by atoms with Gasteiger partial charge in [-0.25, -0.2) is 0 Å². The van der Waals surface area contributed by atoms with Crippen LogP contribution in [0.2, 0.25) is 0 Å². The van der Waals surface area contributed by atoms with Crippen LogP contribution in [0.25, 0.3) is 0 Å². The van der Waals surface area contributed by atoms with Gasteiger partial charge in [0.25, 0.3) is 0 Å². The van der Waals surface area contributed by atoms with Gasteiger partial charge in [0, 0.05) is 32.3 Å². The molecule has 104 valence electrons. The maximum atomic E-state index is 6.19. The normalized spacial score (nSPS) is 45.3. The summed E-state index contributed by atoms with van der Waals surface area (Å²) < 4.78 is 5.62. The van der Waals surface area contributed by atoms with Gasteiger partial charge in [0.05, 0.1) is 6.10 Å². The van der Waals surface area contributed by atoms with Crippen LogP contribution >= 0.6 is 0 Å². The number of rotatable bonds is 3. The first-order chi connectivity index (χ1) is 8.77. The lowest BCUT2D eigenvalue weighted by Crippen LogP contribution is -2.56. The number of nitrogens with two attached hydrogens (primary N) is 1. The maximum Gasteiger partial charge on any atom is 0.0589 e. The zero-order chi connectivity index (χ0) is 12.6. The van der Waals surface area contributed by atoms with Crippen molar-refractivity contribution in [2.45, 2.75) is 56.6 Å². The molecule has 3 fully saturated rings. The number of nitrogens with zero attached hydrogens (tertiary/aromatic N) is 1. The number of methoxy groups -OCH3 is 1.